The van der Waals surface area contributed by atoms with Crippen molar-refractivity contribution >= 4 is 24.1 Å². The van der Waals surface area contributed by atoms with E-state index < -0.39 is 24.3 Å². The van der Waals surface area contributed by atoms with Gasteiger partial charge < -0.3 is 24.8 Å². The van der Waals surface area contributed by atoms with Crippen LogP contribution < -0.4 is 0 Å². The van der Waals surface area contributed by atoms with Gasteiger partial charge in [0.2, 0.25) is 0 Å². The van der Waals surface area contributed by atoms with Crippen LogP contribution in [0.4, 0.5) is 0 Å². The fourth-order valence-corrected chi connectivity index (χ4v) is 4.56. The van der Waals surface area contributed by atoms with Crippen LogP contribution in [0.2, 0.25) is 0 Å². The Balaban J connectivity index is 2.00. The van der Waals surface area contributed by atoms with E-state index in [-0.39, 0.29) is 36.4 Å². The van der Waals surface area contributed by atoms with E-state index in [9.17, 15) is 24.9 Å². The van der Waals surface area contributed by atoms with Gasteiger partial charge in [-0.3, -0.25) is 4.79 Å². The molecule has 1 aromatic rings. The van der Waals surface area contributed by atoms with Gasteiger partial charge in [0.1, 0.15) is 12.2 Å². The molecule has 226 valence electrons. The lowest BCUT2D eigenvalue weighted by Crippen LogP contribution is -2.27. The molecule has 3 N–H and O–H groups in total. The molecule has 1 aliphatic heterocycles. The molecule has 6 atom stereocenters. The molecule has 0 radical (unpaired) electrons. The first kappa shape index (κ1) is 34.2. The van der Waals surface area contributed by atoms with Gasteiger partial charge in [0.25, 0.3) is 0 Å². The lowest BCUT2D eigenvalue weighted by atomic mass is 9.94. The smallest absolute Gasteiger partial charge is 0.331 e. The van der Waals surface area contributed by atoms with Crippen LogP contribution in [0, 0.1) is 11.8 Å². The number of carbonyl (C=O) groups is 2. The molecule has 0 fully saturated rings. The summed E-state index contributed by atoms with van der Waals surface area (Å²) in [7, 11) is 0. The number of aliphatic hydroxyl groups excluding tert-OH is 3. The lowest BCUT2D eigenvalue weighted by molar-refractivity contribution is -0.151. The van der Waals surface area contributed by atoms with Crippen LogP contribution in [0.15, 0.2) is 60.2 Å². The quantitative estimate of drug-likeness (QED) is 0.142. The number of cyclic esters (lactones) is 1. The fourth-order valence-electron chi connectivity index (χ4n) is 4.56. The third kappa shape index (κ3) is 13.5. The number of benzene rings is 1. The second-order valence-electron chi connectivity index (χ2n) is 11.5. The molecule has 7 heteroatoms. The van der Waals surface area contributed by atoms with Gasteiger partial charge in [-0.05, 0) is 68.2 Å². The molecular formula is C34H48O7. The predicted molar refractivity (Wildman–Crippen MR) is 163 cm³/mol. The number of aliphatic hydroxyl groups is 3. The molecule has 0 saturated carbocycles. The van der Waals surface area contributed by atoms with Crippen molar-refractivity contribution in [2.45, 2.75) is 104 Å². The van der Waals surface area contributed by atoms with Crippen LogP contribution in [-0.4, -0.2) is 57.8 Å². The first-order valence-electron chi connectivity index (χ1n) is 14.7. The summed E-state index contributed by atoms with van der Waals surface area (Å²) in [6.45, 7) is 9.55. The van der Waals surface area contributed by atoms with Gasteiger partial charge in [-0.15, -0.1) is 0 Å². The maximum absolute atomic E-state index is 12.7. The SMILES string of the molecule is CC(/C=C/c1cccc(/C=C/C(=O)O[C@H]2CCCC(=O)O[C@@H](C(C)C)C/C=C/C[C@@H]2C)c1)=C\[C@H](O)[C@@H](O)C[C@H](C)O. The van der Waals surface area contributed by atoms with Gasteiger partial charge in [-0.2, -0.15) is 0 Å². The number of ether oxygens (including phenoxy) is 2. The minimum absolute atomic E-state index is 0.0929. The largest absolute Gasteiger partial charge is 0.462 e. The number of esters is 2. The number of hydrogen-bond donors (Lipinski definition) is 3. The molecule has 0 aliphatic carbocycles. The highest BCUT2D eigenvalue weighted by atomic mass is 16.5. The molecule has 0 spiro atoms. The third-order valence-electron chi connectivity index (χ3n) is 7.11. The highest BCUT2D eigenvalue weighted by Crippen LogP contribution is 2.22. The van der Waals surface area contributed by atoms with Gasteiger partial charge in [-0.25, -0.2) is 4.79 Å². The Bertz CT molecular complexity index is 1080. The van der Waals surface area contributed by atoms with Crippen molar-refractivity contribution in [3.8, 4) is 0 Å². The molecule has 41 heavy (non-hydrogen) atoms. The normalized spacial score (nSPS) is 24.4. The van der Waals surface area contributed by atoms with E-state index in [1.54, 1.807) is 19.1 Å². The van der Waals surface area contributed by atoms with Crippen molar-refractivity contribution in [2.24, 2.45) is 11.8 Å². The Morgan fingerprint density at radius 2 is 1.73 bits per heavy atom. The zero-order chi connectivity index (χ0) is 30.4. The molecule has 0 saturated heterocycles. The van der Waals surface area contributed by atoms with Crippen molar-refractivity contribution in [1.82, 2.24) is 0 Å². The van der Waals surface area contributed by atoms with Gasteiger partial charge in [0.15, 0.2) is 0 Å². The summed E-state index contributed by atoms with van der Waals surface area (Å²) in [6.07, 6.45) is 12.3. The average molecular weight is 569 g/mol. The van der Waals surface area contributed by atoms with E-state index in [1.165, 1.54) is 6.08 Å². The van der Waals surface area contributed by atoms with Gasteiger partial charge in [0, 0.05) is 25.3 Å². The standard InChI is InChI=1S/C34H48O7/c1-23(2)31-13-7-6-10-25(4)32(14-9-15-33(38)40-31)41-34(39)19-18-28-12-8-11-27(22-28)17-16-24(3)20-29(36)30(37)21-26(5)35/h6-8,11-12,16-20,22-23,25-26,29-32,35-37H,9-10,13-15,21H2,1-5H3/b7-6+,17-16+,19-18+,24-20+/t25-,26-,29-,30-,31+,32-/m0/s1. The van der Waals surface area contributed by atoms with Gasteiger partial charge in [0.05, 0.1) is 18.3 Å². The Hall–Kier alpha value is -3.00. The van der Waals surface area contributed by atoms with Gasteiger partial charge in [-0.1, -0.05) is 74.9 Å². The van der Waals surface area contributed by atoms with Crippen LogP contribution in [0.25, 0.3) is 12.2 Å². The van der Waals surface area contributed by atoms with E-state index in [0.29, 0.717) is 25.7 Å². The number of rotatable bonds is 10. The predicted octanol–water partition coefficient (Wildman–Crippen LogP) is 5.79. The molecular weight excluding hydrogens is 520 g/mol. The van der Waals surface area contributed by atoms with Crippen LogP contribution in [-0.2, 0) is 19.1 Å². The van der Waals surface area contributed by atoms with Crippen molar-refractivity contribution in [1.29, 1.82) is 0 Å². The molecule has 1 aliphatic rings. The van der Waals surface area contributed by atoms with E-state index >= 15 is 0 Å². The highest BCUT2D eigenvalue weighted by Gasteiger charge is 2.23. The van der Waals surface area contributed by atoms with Crippen molar-refractivity contribution in [3.05, 3.63) is 71.3 Å². The van der Waals surface area contributed by atoms with Crippen molar-refractivity contribution < 1.29 is 34.4 Å². The zero-order valence-corrected chi connectivity index (χ0v) is 25.1. The lowest BCUT2D eigenvalue weighted by Gasteiger charge is -2.24. The Kier molecular flexibility index (Phi) is 14.8. The molecule has 1 heterocycles. The first-order chi connectivity index (χ1) is 19.4. The summed E-state index contributed by atoms with van der Waals surface area (Å²) >= 11 is 0. The van der Waals surface area contributed by atoms with Crippen molar-refractivity contribution in [3.63, 3.8) is 0 Å². The Labute approximate surface area is 245 Å². The molecule has 7 nitrogen and oxygen atoms in total. The first-order valence-corrected chi connectivity index (χ1v) is 14.7. The van der Waals surface area contributed by atoms with E-state index in [1.807, 2.05) is 43.3 Å². The maximum atomic E-state index is 12.7. The number of hydrogen-bond acceptors (Lipinski definition) is 7. The molecule has 0 aromatic heterocycles. The summed E-state index contributed by atoms with van der Waals surface area (Å²) in [5.74, 6) is -0.263. The maximum Gasteiger partial charge on any atom is 0.331 e. The molecule has 0 amide bonds. The summed E-state index contributed by atoms with van der Waals surface area (Å²) in [5, 5.41) is 29.4. The summed E-state index contributed by atoms with van der Waals surface area (Å²) in [4.78, 5) is 25.0. The van der Waals surface area contributed by atoms with Crippen LogP contribution in [0.3, 0.4) is 0 Å². The molecule has 1 aromatic carbocycles. The minimum atomic E-state index is -1.07. The topological polar surface area (TPSA) is 113 Å². The zero-order valence-electron chi connectivity index (χ0n) is 25.1. The average Bonchev–Trinajstić information content (AvgIpc) is 2.90. The van der Waals surface area contributed by atoms with E-state index in [4.69, 9.17) is 9.47 Å². The van der Waals surface area contributed by atoms with E-state index in [2.05, 4.69) is 32.9 Å². The summed E-state index contributed by atoms with van der Waals surface area (Å²) < 4.78 is 11.5. The second-order valence-corrected chi connectivity index (χ2v) is 11.5. The molecule has 0 bridgehead atoms. The van der Waals surface area contributed by atoms with Crippen LogP contribution in [0.5, 0.6) is 0 Å². The third-order valence-corrected chi connectivity index (χ3v) is 7.11. The molecule has 2 rings (SSSR count). The second kappa shape index (κ2) is 17.7. The minimum Gasteiger partial charge on any atom is -0.462 e. The Morgan fingerprint density at radius 1 is 1.07 bits per heavy atom. The number of allylic oxidation sites excluding steroid dienone is 3. The molecule has 0 unspecified atom stereocenters. The Morgan fingerprint density at radius 3 is 2.39 bits per heavy atom. The number of carbonyl (C=O) groups excluding carboxylic acids is 2. The van der Waals surface area contributed by atoms with Crippen LogP contribution in [0.1, 0.15) is 84.3 Å². The monoisotopic (exact) mass is 568 g/mol. The van der Waals surface area contributed by atoms with E-state index in [0.717, 1.165) is 23.1 Å². The van der Waals surface area contributed by atoms with Gasteiger partial charge >= 0.3 is 11.9 Å². The highest BCUT2D eigenvalue weighted by molar-refractivity contribution is 5.87. The fraction of sp³-hybridized carbons (Fsp3) is 0.529. The summed E-state index contributed by atoms with van der Waals surface area (Å²) in [5.41, 5.74) is 2.49. The summed E-state index contributed by atoms with van der Waals surface area (Å²) in [6, 6.07) is 7.62. The van der Waals surface area contributed by atoms with Crippen LogP contribution >= 0.6 is 0 Å². The van der Waals surface area contributed by atoms with Crippen molar-refractivity contribution in [2.75, 3.05) is 0 Å².